The molecule has 0 saturated carbocycles. The number of allylic oxidation sites excluding steroid dienone is 4. The van der Waals surface area contributed by atoms with Gasteiger partial charge in [-0.25, -0.2) is 0 Å². The summed E-state index contributed by atoms with van der Waals surface area (Å²) in [6.45, 7) is 0.386. The molecule has 2 atom stereocenters. The second-order valence-electron chi connectivity index (χ2n) is 17.2. The Morgan fingerprint density at radius 2 is 0.721 bits per heavy atom. The summed E-state index contributed by atoms with van der Waals surface area (Å²) in [7, 11) is 0. The Bertz CT molecular complexity index is 3090. The molecule has 7 nitrogen and oxygen atoms in total. The lowest BCUT2D eigenvalue weighted by Crippen LogP contribution is -2.26. The monoisotopic (exact) mass is 888 g/mol. The van der Waals surface area contributed by atoms with Gasteiger partial charge in [0.1, 0.15) is 0 Å². The molecule has 2 aliphatic rings. The van der Waals surface area contributed by atoms with Crippen LogP contribution in [0.1, 0.15) is 70.7 Å². The average Bonchev–Trinajstić information content (AvgIpc) is 3.40. The minimum Gasteiger partial charge on any atom is -0.395 e. The van der Waals surface area contributed by atoms with Crippen molar-refractivity contribution in [1.82, 2.24) is 9.80 Å². The maximum atomic E-state index is 14.4. The number of β-amino-alcohol motifs (C(OH)–C–C–N with tert-alkyl or cyclic N) is 2. The number of carbonyl (C=O) groups excluding carboxylic acids is 3. The Morgan fingerprint density at radius 1 is 0.368 bits per heavy atom. The first-order valence-corrected chi connectivity index (χ1v) is 22.9. The third-order valence-electron chi connectivity index (χ3n) is 13.0. The highest BCUT2D eigenvalue weighted by molar-refractivity contribution is 6.13. The fraction of sp³-hybridized carbons (Fsp3) is 0.0984. The van der Waals surface area contributed by atoms with E-state index in [0.717, 1.165) is 54.9 Å². The Morgan fingerprint density at radius 3 is 1.10 bits per heavy atom. The van der Waals surface area contributed by atoms with Gasteiger partial charge in [-0.15, -0.1) is 0 Å². The van der Waals surface area contributed by atoms with Crippen LogP contribution in [0.4, 0.5) is 0 Å². The normalized spacial score (nSPS) is 15.9. The summed E-state index contributed by atoms with van der Waals surface area (Å²) in [6.07, 6.45) is 7.70. The van der Waals surface area contributed by atoms with Gasteiger partial charge in [0.05, 0.1) is 13.2 Å². The molecule has 7 heteroatoms. The van der Waals surface area contributed by atoms with Crippen molar-refractivity contribution in [2.45, 2.75) is 11.8 Å². The number of benzene rings is 8. The molecule has 0 fully saturated rings. The second-order valence-corrected chi connectivity index (χ2v) is 17.2. The number of rotatable bonds is 14. The summed E-state index contributed by atoms with van der Waals surface area (Å²) in [5.74, 6) is -1.22. The lowest BCUT2D eigenvalue weighted by atomic mass is 9.77. The number of Topliss-reactive ketones (excluding diaryl/α,β-unsaturated/α-hetero) is 2. The third kappa shape index (κ3) is 8.76. The average molecular weight is 889 g/mol. The summed E-state index contributed by atoms with van der Waals surface area (Å²) < 4.78 is 0. The van der Waals surface area contributed by atoms with Crippen molar-refractivity contribution in [3.63, 3.8) is 0 Å². The van der Waals surface area contributed by atoms with E-state index in [1.165, 1.54) is 0 Å². The number of hydrogen-bond acceptors (Lipinski definition) is 7. The SMILES string of the molecule is O=C(C1=CN(CCO)C=C(c2ccc(C(=O)c3ccc(C4=CN(CCO)C=C(C(=O)c5ccccc5)C4c4ccc5ccccc5c4)cc3)cc2)C1c1ccc2ccccc2c1)c1ccccc1. The quantitative estimate of drug-likeness (QED) is 0.105. The van der Waals surface area contributed by atoms with Gasteiger partial charge in [0, 0.05) is 83.1 Å². The molecule has 332 valence electrons. The predicted molar refractivity (Wildman–Crippen MR) is 271 cm³/mol. The number of aliphatic hydroxyl groups is 2. The van der Waals surface area contributed by atoms with Gasteiger partial charge in [-0.2, -0.15) is 0 Å². The van der Waals surface area contributed by atoms with Crippen LogP contribution in [0.15, 0.2) is 230 Å². The highest BCUT2D eigenvalue weighted by Crippen LogP contribution is 2.45. The third-order valence-corrected chi connectivity index (χ3v) is 13.0. The van der Waals surface area contributed by atoms with Crippen LogP contribution in [-0.2, 0) is 0 Å². The van der Waals surface area contributed by atoms with Gasteiger partial charge in [0.15, 0.2) is 17.3 Å². The topological polar surface area (TPSA) is 98.2 Å². The molecule has 8 aromatic rings. The maximum Gasteiger partial charge on any atom is 0.193 e. The van der Waals surface area contributed by atoms with E-state index in [4.69, 9.17) is 0 Å². The van der Waals surface area contributed by atoms with Crippen LogP contribution < -0.4 is 0 Å². The molecule has 2 aliphatic heterocycles. The molecule has 0 radical (unpaired) electrons. The highest BCUT2D eigenvalue weighted by atomic mass is 16.3. The van der Waals surface area contributed by atoms with Crippen molar-refractivity contribution in [2.75, 3.05) is 26.3 Å². The van der Waals surface area contributed by atoms with Crippen molar-refractivity contribution in [1.29, 1.82) is 0 Å². The van der Waals surface area contributed by atoms with Crippen molar-refractivity contribution in [3.8, 4) is 0 Å². The van der Waals surface area contributed by atoms with Gasteiger partial charge < -0.3 is 20.0 Å². The molecule has 10 rings (SSSR count). The van der Waals surface area contributed by atoms with Gasteiger partial charge in [0.25, 0.3) is 0 Å². The van der Waals surface area contributed by atoms with E-state index in [-0.39, 0.29) is 30.6 Å². The van der Waals surface area contributed by atoms with Gasteiger partial charge >= 0.3 is 0 Å². The van der Waals surface area contributed by atoms with Crippen LogP contribution in [0.3, 0.4) is 0 Å². The standard InChI is InChI=1S/C61H48N2O5/c64-33-31-62-37-53(57(51-29-19-41-11-7-9-17-49(41)35-51)55(39-62)60(67)45-13-3-1-4-14-45)43-21-25-47(26-22-43)59(66)48-27-23-44(24-28-48)54-38-63(32-34-65)40-56(61(68)46-15-5-2-6-16-46)58(54)52-30-20-42-12-8-10-18-50(42)36-52/h1-30,35-40,57-58,64-65H,31-34H2. The smallest absolute Gasteiger partial charge is 0.193 e. The van der Waals surface area contributed by atoms with Gasteiger partial charge in [-0.3, -0.25) is 14.4 Å². The highest BCUT2D eigenvalue weighted by Gasteiger charge is 2.34. The molecule has 68 heavy (non-hydrogen) atoms. The molecule has 0 bridgehead atoms. The zero-order chi connectivity index (χ0) is 46.6. The summed E-state index contributed by atoms with van der Waals surface area (Å²) in [5.41, 5.74) is 8.66. The van der Waals surface area contributed by atoms with Crippen molar-refractivity contribution < 1.29 is 24.6 Å². The Balaban J connectivity index is 0.982. The number of carbonyl (C=O) groups is 3. The maximum absolute atomic E-state index is 14.4. The summed E-state index contributed by atoms with van der Waals surface area (Å²) in [4.78, 5) is 46.9. The van der Waals surface area contributed by atoms with E-state index in [1.54, 1.807) is 0 Å². The molecule has 0 spiro atoms. The van der Waals surface area contributed by atoms with Crippen LogP contribution in [0.2, 0.25) is 0 Å². The number of fused-ring (bicyclic) bond motifs is 2. The molecule has 8 aromatic carbocycles. The molecule has 0 aromatic heterocycles. The van der Waals surface area contributed by atoms with E-state index in [0.29, 0.717) is 46.5 Å². The Kier molecular flexibility index (Phi) is 12.4. The fourth-order valence-electron chi connectivity index (χ4n) is 9.57. The Hall–Kier alpha value is -8.23. The van der Waals surface area contributed by atoms with Crippen LogP contribution in [0, 0.1) is 0 Å². The minimum atomic E-state index is -0.435. The summed E-state index contributed by atoms with van der Waals surface area (Å²) in [6, 6.07) is 62.5. The van der Waals surface area contributed by atoms with Crippen molar-refractivity contribution in [2.24, 2.45) is 0 Å². The van der Waals surface area contributed by atoms with Gasteiger partial charge in [0.2, 0.25) is 0 Å². The van der Waals surface area contributed by atoms with E-state index in [9.17, 15) is 24.6 Å². The first-order valence-electron chi connectivity index (χ1n) is 22.9. The first-order chi connectivity index (χ1) is 33.4. The fourth-order valence-corrected chi connectivity index (χ4v) is 9.57. The zero-order valence-corrected chi connectivity index (χ0v) is 37.3. The number of hydrogen-bond donors (Lipinski definition) is 2. The molecule has 2 heterocycles. The minimum absolute atomic E-state index is 0.101. The lowest BCUT2D eigenvalue weighted by molar-refractivity contribution is 0.101. The molecule has 0 aliphatic carbocycles. The van der Waals surface area contributed by atoms with Crippen molar-refractivity contribution >= 4 is 50.0 Å². The van der Waals surface area contributed by atoms with Crippen LogP contribution in [-0.4, -0.2) is 63.7 Å². The van der Waals surface area contributed by atoms with Gasteiger partial charge in [-0.1, -0.05) is 194 Å². The van der Waals surface area contributed by atoms with Crippen LogP contribution in [0.25, 0.3) is 32.7 Å². The largest absolute Gasteiger partial charge is 0.395 e. The van der Waals surface area contributed by atoms with E-state index < -0.39 is 11.8 Å². The Labute approximate surface area is 395 Å². The van der Waals surface area contributed by atoms with Gasteiger partial charge in [-0.05, 0) is 54.9 Å². The molecular weight excluding hydrogens is 841 g/mol. The van der Waals surface area contributed by atoms with Crippen LogP contribution in [0.5, 0.6) is 0 Å². The lowest BCUT2D eigenvalue weighted by Gasteiger charge is -2.32. The van der Waals surface area contributed by atoms with E-state index in [1.807, 2.05) is 168 Å². The predicted octanol–water partition coefficient (Wildman–Crippen LogP) is 11.6. The molecule has 0 saturated heterocycles. The number of nitrogens with zero attached hydrogens (tertiary/aromatic N) is 2. The zero-order valence-electron chi connectivity index (χ0n) is 37.3. The molecule has 0 amide bonds. The number of aliphatic hydroxyl groups excluding tert-OH is 2. The molecular formula is C61H48N2O5. The summed E-state index contributed by atoms with van der Waals surface area (Å²) >= 11 is 0. The number of ketones is 3. The first kappa shape index (κ1) is 43.7. The molecule has 2 N–H and O–H groups in total. The summed E-state index contributed by atoms with van der Waals surface area (Å²) in [5, 5.41) is 24.5. The second kappa shape index (κ2) is 19.3. The van der Waals surface area contributed by atoms with E-state index in [2.05, 4.69) is 60.7 Å². The van der Waals surface area contributed by atoms with E-state index >= 15 is 0 Å². The molecule has 2 unspecified atom stereocenters. The van der Waals surface area contributed by atoms with Crippen LogP contribution >= 0.6 is 0 Å². The van der Waals surface area contributed by atoms with Crippen molar-refractivity contribution in [3.05, 3.63) is 275 Å².